The van der Waals surface area contributed by atoms with Crippen LogP contribution in [0, 0.1) is 18.6 Å². The van der Waals surface area contributed by atoms with Crippen molar-refractivity contribution in [2.45, 2.75) is 19.8 Å². The van der Waals surface area contributed by atoms with E-state index >= 15 is 0 Å². The van der Waals surface area contributed by atoms with Crippen LogP contribution in [0.5, 0.6) is 5.75 Å². The van der Waals surface area contributed by atoms with Crippen molar-refractivity contribution >= 4 is 17.3 Å². The second kappa shape index (κ2) is 7.09. The predicted octanol–water partition coefficient (Wildman–Crippen LogP) is 3.67. The topological polar surface area (TPSA) is 41.6 Å². The average molecular weight is 346 g/mol. The molecule has 4 nitrogen and oxygen atoms in total. The first-order valence-electron chi connectivity index (χ1n) is 8.15. The summed E-state index contributed by atoms with van der Waals surface area (Å²) in [4.78, 5) is 14.1. The molecule has 0 bridgehead atoms. The largest absolute Gasteiger partial charge is 0.495 e. The van der Waals surface area contributed by atoms with Gasteiger partial charge in [-0.3, -0.25) is 4.79 Å². The van der Waals surface area contributed by atoms with Gasteiger partial charge >= 0.3 is 0 Å². The fourth-order valence-electron chi connectivity index (χ4n) is 3.18. The Morgan fingerprint density at radius 3 is 2.84 bits per heavy atom. The third-order valence-corrected chi connectivity index (χ3v) is 4.26. The molecule has 25 heavy (non-hydrogen) atoms. The molecule has 3 rings (SSSR count). The standard InChI is InChI=1S/C19H20F2N2O2/c1-12-5-6-17(25-2)16(8-12)22-18(24)11-23-7-3-4-13-9-14(20)10-15(21)19(13)23/h5-6,8-10H,3-4,7,11H2,1-2H3,(H,22,24). The van der Waals surface area contributed by atoms with Gasteiger partial charge in [0.05, 0.1) is 25.0 Å². The van der Waals surface area contributed by atoms with Crippen LogP contribution in [0.2, 0.25) is 0 Å². The fraction of sp³-hybridized carbons (Fsp3) is 0.316. The lowest BCUT2D eigenvalue weighted by Gasteiger charge is -2.31. The number of amides is 1. The third-order valence-electron chi connectivity index (χ3n) is 4.26. The molecule has 0 atom stereocenters. The smallest absolute Gasteiger partial charge is 0.243 e. The Bertz CT molecular complexity index is 808. The zero-order valence-corrected chi connectivity index (χ0v) is 14.2. The quantitative estimate of drug-likeness (QED) is 0.918. The predicted molar refractivity (Wildman–Crippen MR) is 93.3 cm³/mol. The van der Waals surface area contributed by atoms with E-state index in [-0.39, 0.29) is 12.5 Å². The molecule has 0 spiro atoms. The Kier molecular flexibility index (Phi) is 4.88. The summed E-state index contributed by atoms with van der Waals surface area (Å²) in [6.07, 6.45) is 1.35. The lowest BCUT2D eigenvalue weighted by Crippen LogP contribution is -2.37. The van der Waals surface area contributed by atoms with Crippen molar-refractivity contribution in [3.8, 4) is 5.75 Å². The Hall–Kier alpha value is -2.63. The molecule has 0 saturated carbocycles. The van der Waals surface area contributed by atoms with Gasteiger partial charge in [0.2, 0.25) is 5.91 Å². The van der Waals surface area contributed by atoms with Crippen molar-refractivity contribution in [3.05, 3.63) is 53.1 Å². The number of anilines is 2. The summed E-state index contributed by atoms with van der Waals surface area (Å²) < 4.78 is 32.8. The number of hydrogen-bond acceptors (Lipinski definition) is 3. The lowest BCUT2D eigenvalue weighted by molar-refractivity contribution is -0.115. The van der Waals surface area contributed by atoms with E-state index in [2.05, 4.69) is 5.32 Å². The molecule has 0 radical (unpaired) electrons. The lowest BCUT2D eigenvalue weighted by atomic mass is 10.0. The molecule has 0 unspecified atom stereocenters. The minimum Gasteiger partial charge on any atom is -0.495 e. The third kappa shape index (κ3) is 3.73. The van der Waals surface area contributed by atoms with Gasteiger partial charge in [-0.1, -0.05) is 6.07 Å². The van der Waals surface area contributed by atoms with Gasteiger partial charge < -0.3 is 15.0 Å². The van der Waals surface area contributed by atoms with Gasteiger partial charge in [0.25, 0.3) is 0 Å². The zero-order valence-electron chi connectivity index (χ0n) is 14.2. The van der Waals surface area contributed by atoms with Gasteiger partial charge in [-0.15, -0.1) is 0 Å². The molecule has 0 aromatic heterocycles. The summed E-state index contributed by atoms with van der Waals surface area (Å²) >= 11 is 0. The van der Waals surface area contributed by atoms with E-state index in [1.807, 2.05) is 19.1 Å². The number of nitrogens with one attached hydrogen (secondary N) is 1. The second-order valence-corrected chi connectivity index (χ2v) is 6.17. The minimum atomic E-state index is -0.629. The Labute approximate surface area is 145 Å². The van der Waals surface area contributed by atoms with Gasteiger partial charge in [-0.05, 0) is 49.1 Å². The molecular formula is C19H20F2N2O2. The van der Waals surface area contributed by atoms with Crippen molar-refractivity contribution in [1.29, 1.82) is 0 Å². The highest BCUT2D eigenvalue weighted by Gasteiger charge is 2.24. The van der Waals surface area contributed by atoms with E-state index in [4.69, 9.17) is 4.74 Å². The molecule has 1 amide bonds. The molecule has 1 aliphatic heterocycles. The number of carbonyl (C=O) groups is 1. The average Bonchev–Trinajstić information content (AvgIpc) is 2.54. The van der Waals surface area contributed by atoms with Crippen LogP contribution >= 0.6 is 0 Å². The molecule has 1 N–H and O–H groups in total. The number of aryl methyl sites for hydroxylation is 2. The monoisotopic (exact) mass is 346 g/mol. The first kappa shape index (κ1) is 17.2. The second-order valence-electron chi connectivity index (χ2n) is 6.17. The van der Waals surface area contributed by atoms with Crippen molar-refractivity contribution in [2.75, 3.05) is 30.4 Å². The van der Waals surface area contributed by atoms with Crippen LogP contribution in [-0.2, 0) is 11.2 Å². The van der Waals surface area contributed by atoms with Crippen molar-refractivity contribution < 1.29 is 18.3 Å². The van der Waals surface area contributed by atoms with E-state index in [1.54, 1.807) is 11.0 Å². The van der Waals surface area contributed by atoms with E-state index in [9.17, 15) is 13.6 Å². The number of halogens is 2. The molecule has 0 fully saturated rings. The SMILES string of the molecule is COc1ccc(C)cc1NC(=O)CN1CCCc2cc(F)cc(F)c21. The number of hydrogen-bond donors (Lipinski definition) is 1. The maximum Gasteiger partial charge on any atom is 0.243 e. The number of nitrogens with zero attached hydrogens (tertiary/aromatic N) is 1. The van der Waals surface area contributed by atoms with Crippen LogP contribution in [0.4, 0.5) is 20.2 Å². The Balaban J connectivity index is 1.78. The highest BCUT2D eigenvalue weighted by atomic mass is 19.1. The van der Waals surface area contributed by atoms with E-state index in [0.29, 0.717) is 35.7 Å². The van der Waals surface area contributed by atoms with Gasteiger partial charge in [-0.2, -0.15) is 0 Å². The van der Waals surface area contributed by atoms with Crippen LogP contribution in [0.15, 0.2) is 30.3 Å². The van der Waals surface area contributed by atoms with Crippen LogP contribution in [-0.4, -0.2) is 26.1 Å². The molecule has 6 heteroatoms. The van der Waals surface area contributed by atoms with Crippen molar-refractivity contribution in [2.24, 2.45) is 0 Å². The van der Waals surface area contributed by atoms with Crippen LogP contribution in [0.1, 0.15) is 17.5 Å². The zero-order chi connectivity index (χ0) is 18.0. The van der Waals surface area contributed by atoms with Gasteiger partial charge in [0, 0.05) is 12.6 Å². The maximum atomic E-state index is 14.2. The Morgan fingerprint density at radius 2 is 2.08 bits per heavy atom. The molecule has 132 valence electrons. The van der Waals surface area contributed by atoms with Gasteiger partial charge in [0.15, 0.2) is 0 Å². The van der Waals surface area contributed by atoms with Gasteiger partial charge in [0.1, 0.15) is 17.4 Å². The summed E-state index contributed by atoms with van der Waals surface area (Å²) in [5.74, 6) is -0.936. The number of methoxy groups -OCH3 is 1. The number of rotatable bonds is 4. The fourth-order valence-corrected chi connectivity index (χ4v) is 3.18. The minimum absolute atomic E-state index is 0.00729. The maximum absolute atomic E-state index is 14.2. The van der Waals surface area contributed by atoms with Gasteiger partial charge in [-0.25, -0.2) is 8.78 Å². The van der Waals surface area contributed by atoms with E-state index < -0.39 is 11.6 Å². The molecule has 0 saturated heterocycles. The number of carbonyl (C=O) groups excluding carboxylic acids is 1. The van der Waals surface area contributed by atoms with E-state index in [1.165, 1.54) is 13.2 Å². The van der Waals surface area contributed by atoms with Crippen molar-refractivity contribution in [1.82, 2.24) is 0 Å². The summed E-state index contributed by atoms with van der Waals surface area (Å²) in [6.45, 7) is 2.46. The normalized spacial score (nSPS) is 13.4. The van der Waals surface area contributed by atoms with Crippen LogP contribution < -0.4 is 15.0 Å². The first-order valence-corrected chi connectivity index (χ1v) is 8.15. The molecule has 1 heterocycles. The van der Waals surface area contributed by atoms with Crippen LogP contribution in [0.3, 0.4) is 0 Å². The summed E-state index contributed by atoms with van der Waals surface area (Å²) in [6, 6.07) is 7.68. The molecule has 1 aliphatic rings. The number of benzene rings is 2. The Morgan fingerprint density at radius 1 is 1.28 bits per heavy atom. The molecule has 2 aromatic rings. The first-order chi connectivity index (χ1) is 12.0. The summed E-state index contributed by atoms with van der Waals surface area (Å²) in [7, 11) is 1.53. The molecule has 2 aromatic carbocycles. The van der Waals surface area contributed by atoms with Crippen molar-refractivity contribution in [3.63, 3.8) is 0 Å². The van der Waals surface area contributed by atoms with E-state index in [0.717, 1.165) is 18.1 Å². The summed E-state index contributed by atoms with van der Waals surface area (Å²) in [5, 5.41) is 2.81. The highest BCUT2D eigenvalue weighted by Crippen LogP contribution is 2.31. The summed E-state index contributed by atoms with van der Waals surface area (Å²) in [5.41, 5.74) is 2.48. The molecule has 0 aliphatic carbocycles. The number of ether oxygens (including phenoxy) is 1. The van der Waals surface area contributed by atoms with Crippen LogP contribution in [0.25, 0.3) is 0 Å². The molecular weight excluding hydrogens is 326 g/mol. The highest BCUT2D eigenvalue weighted by molar-refractivity contribution is 5.95. The number of fused-ring (bicyclic) bond motifs is 1.